The zero-order chi connectivity index (χ0) is 19.6. The minimum absolute atomic E-state index is 0.0344. The van der Waals surface area contributed by atoms with Crippen LogP contribution in [0.4, 0.5) is 0 Å². The van der Waals surface area contributed by atoms with Gasteiger partial charge in [0, 0.05) is 39.8 Å². The molecule has 0 fully saturated rings. The maximum atomic E-state index is 12.4. The lowest BCUT2D eigenvalue weighted by Crippen LogP contribution is -2.08. The molecule has 140 valence electrons. The second kappa shape index (κ2) is 7.88. The van der Waals surface area contributed by atoms with Crippen LogP contribution in [0.25, 0.3) is 11.0 Å². The quantitative estimate of drug-likeness (QED) is 0.496. The van der Waals surface area contributed by atoms with E-state index in [2.05, 4.69) is 0 Å². The van der Waals surface area contributed by atoms with Crippen LogP contribution in [0.15, 0.2) is 51.7 Å². The number of carbonyl (C=O) groups is 1. The van der Waals surface area contributed by atoms with Crippen LogP contribution >= 0.6 is 0 Å². The molecular formula is C21H20O5S. The van der Waals surface area contributed by atoms with Crippen molar-refractivity contribution >= 4 is 27.7 Å². The van der Waals surface area contributed by atoms with Crippen molar-refractivity contribution in [2.75, 3.05) is 6.26 Å². The van der Waals surface area contributed by atoms with Crippen LogP contribution in [0.5, 0.6) is 0 Å². The van der Waals surface area contributed by atoms with Gasteiger partial charge in [-0.3, -0.25) is 4.21 Å². The lowest BCUT2D eigenvalue weighted by Gasteiger charge is -2.10. The second-order valence-electron chi connectivity index (χ2n) is 6.52. The number of benzene rings is 2. The highest BCUT2D eigenvalue weighted by atomic mass is 32.2. The van der Waals surface area contributed by atoms with E-state index in [4.69, 9.17) is 9.15 Å². The molecule has 1 aromatic heterocycles. The third-order valence-corrected chi connectivity index (χ3v) is 5.08. The number of hydrogen-bond acceptors (Lipinski definition) is 5. The molecule has 0 radical (unpaired) electrons. The van der Waals surface area contributed by atoms with Gasteiger partial charge in [-0.2, -0.15) is 0 Å². The molecule has 0 bridgehead atoms. The van der Waals surface area contributed by atoms with Crippen LogP contribution in [0.1, 0.15) is 32.6 Å². The molecule has 0 aliphatic rings. The first-order valence-corrected chi connectivity index (χ1v) is 10.2. The average molecular weight is 384 g/mol. The molecule has 3 rings (SSSR count). The standard InChI is InChI=1S/C21H20O5S/c1-13-7-18-17(10-20(22)26-19(18)8-14(13)2)11-25-21(23)16-6-4-5-15(9-16)12-27(3)24/h4-10H,11-12H2,1-3H3/t27-/m0/s1. The molecule has 6 heteroatoms. The van der Waals surface area contributed by atoms with Crippen molar-refractivity contribution in [1.82, 2.24) is 0 Å². The highest BCUT2D eigenvalue weighted by Crippen LogP contribution is 2.22. The Kier molecular flexibility index (Phi) is 5.56. The highest BCUT2D eigenvalue weighted by Gasteiger charge is 2.12. The van der Waals surface area contributed by atoms with Crippen molar-refractivity contribution in [3.8, 4) is 0 Å². The normalized spacial score (nSPS) is 12.1. The Morgan fingerprint density at radius 1 is 1.11 bits per heavy atom. The van der Waals surface area contributed by atoms with Gasteiger partial charge in [0.25, 0.3) is 0 Å². The van der Waals surface area contributed by atoms with Crippen LogP contribution in [0.3, 0.4) is 0 Å². The van der Waals surface area contributed by atoms with Crippen molar-refractivity contribution in [2.24, 2.45) is 0 Å². The zero-order valence-electron chi connectivity index (χ0n) is 15.4. The fourth-order valence-corrected chi connectivity index (χ4v) is 3.50. The third kappa shape index (κ3) is 4.52. The summed E-state index contributed by atoms with van der Waals surface area (Å²) in [5.41, 5.74) is 3.87. The molecule has 2 aromatic carbocycles. The minimum Gasteiger partial charge on any atom is -0.457 e. The van der Waals surface area contributed by atoms with Gasteiger partial charge in [-0.25, -0.2) is 9.59 Å². The van der Waals surface area contributed by atoms with Crippen LogP contribution in [-0.2, 0) is 27.9 Å². The number of hydrogen-bond donors (Lipinski definition) is 0. The fraction of sp³-hybridized carbons (Fsp3) is 0.238. The van der Waals surface area contributed by atoms with Gasteiger partial charge < -0.3 is 9.15 Å². The lowest BCUT2D eigenvalue weighted by atomic mass is 10.0. The number of fused-ring (bicyclic) bond motifs is 1. The Hall–Kier alpha value is -2.73. The number of carbonyl (C=O) groups excluding carboxylic acids is 1. The van der Waals surface area contributed by atoms with Gasteiger partial charge >= 0.3 is 11.6 Å². The van der Waals surface area contributed by atoms with Gasteiger partial charge in [-0.15, -0.1) is 0 Å². The SMILES string of the molecule is Cc1cc2oc(=O)cc(COC(=O)c3cccc(C[S@](C)=O)c3)c2cc1C. The molecule has 0 unspecified atom stereocenters. The first-order valence-electron chi connectivity index (χ1n) is 8.43. The van der Waals surface area contributed by atoms with Gasteiger partial charge in [0.15, 0.2) is 0 Å². The number of aryl methyl sites for hydroxylation is 2. The largest absolute Gasteiger partial charge is 0.457 e. The van der Waals surface area contributed by atoms with E-state index in [1.165, 1.54) is 6.07 Å². The Labute approximate surface area is 159 Å². The molecule has 0 N–H and O–H groups in total. The molecule has 0 amide bonds. The van der Waals surface area contributed by atoms with Crippen molar-refractivity contribution in [1.29, 1.82) is 0 Å². The summed E-state index contributed by atoms with van der Waals surface area (Å²) in [7, 11) is -0.991. The lowest BCUT2D eigenvalue weighted by molar-refractivity contribution is 0.0473. The number of esters is 1. The van der Waals surface area contributed by atoms with Crippen LogP contribution in [0, 0.1) is 13.8 Å². The molecule has 1 atom stereocenters. The van der Waals surface area contributed by atoms with Crippen molar-refractivity contribution in [3.05, 3.63) is 80.7 Å². The second-order valence-corrected chi connectivity index (χ2v) is 7.95. The van der Waals surface area contributed by atoms with Gasteiger partial charge in [0.05, 0.1) is 5.56 Å². The third-order valence-electron chi connectivity index (χ3n) is 4.34. The highest BCUT2D eigenvalue weighted by molar-refractivity contribution is 7.83. The Morgan fingerprint density at radius 2 is 1.85 bits per heavy atom. The van der Waals surface area contributed by atoms with Crippen LogP contribution < -0.4 is 5.63 Å². The van der Waals surface area contributed by atoms with Crippen molar-refractivity contribution < 1.29 is 18.2 Å². The van der Waals surface area contributed by atoms with Crippen molar-refractivity contribution in [3.63, 3.8) is 0 Å². The van der Waals surface area contributed by atoms with E-state index in [1.807, 2.05) is 32.0 Å². The molecule has 0 aliphatic heterocycles. The summed E-state index contributed by atoms with van der Waals surface area (Å²) in [5, 5.41) is 0.751. The van der Waals surface area contributed by atoms with Gasteiger partial charge in [-0.05, 0) is 54.8 Å². The van der Waals surface area contributed by atoms with E-state index in [1.54, 1.807) is 24.5 Å². The summed E-state index contributed by atoms with van der Waals surface area (Å²) in [4.78, 5) is 24.2. The molecule has 3 aromatic rings. The van der Waals surface area contributed by atoms with Gasteiger partial charge in [-0.1, -0.05) is 12.1 Å². The minimum atomic E-state index is -0.991. The summed E-state index contributed by atoms with van der Waals surface area (Å²) in [6.45, 7) is 3.88. The van der Waals surface area contributed by atoms with E-state index >= 15 is 0 Å². The van der Waals surface area contributed by atoms with E-state index in [-0.39, 0.29) is 6.61 Å². The Balaban J connectivity index is 1.84. The molecule has 1 heterocycles. The Bertz CT molecular complexity index is 1100. The topological polar surface area (TPSA) is 73.6 Å². The maximum Gasteiger partial charge on any atom is 0.338 e. The summed E-state index contributed by atoms with van der Waals surface area (Å²) in [6.07, 6.45) is 1.61. The zero-order valence-corrected chi connectivity index (χ0v) is 16.2. The first kappa shape index (κ1) is 19.0. The van der Waals surface area contributed by atoms with Crippen LogP contribution in [-0.4, -0.2) is 16.4 Å². The molecule has 27 heavy (non-hydrogen) atoms. The predicted octanol–water partition coefficient (Wildman–Crippen LogP) is 3.65. The van der Waals surface area contributed by atoms with Crippen LogP contribution in [0.2, 0.25) is 0 Å². The first-order chi connectivity index (χ1) is 12.8. The molecule has 0 spiro atoms. The Morgan fingerprint density at radius 3 is 2.59 bits per heavy atom. The summed E-state index contributed by atoms with van der Waals surface area (Å²) in [6, 6.07) is 12.0. The van der Waals surface area contributed by atoms with E-state index in [9.17, 15) is 13.8 Å². The monoisotopic (exact) mass is 384 g/mol. The van der Waals surface area contributed by atoms with Gasteiger partial charge in [0.2, 0.25) is 0 Å². The predicted molar refractivity (Wildman–Crippen MR) is 105 cm³/mol. The summed E-state index contributed by atoms with van der Waals surface area (Å²) in [5.74, 6) is -0.117. The fourth-order valence-electron chi connectivity index (χ4n) is 2.85. The molecular weight excluding hydrogens is 364 g/mol. The number of rotatable bonds is 5. The molecule has 5 nitrogen and oxygen atoms in total. The van der Waals surface area contributed by atoms with E-state index in [0.717, 1.165) is 22.1 Å². The van der Waals surface area contributed by atoms with E-state index < -0.39 is 22.4 Å². The molecule has 0 saturated heterocycles. The number of ether oxygens (including phenoxy) is 1. The summed E-state index contributed by atoms with van der Waals surface area (Å²) < 4.78 is 22.0. The van der Waals surface area contributed by atoms with E-state index in [0.29, 0.717) is 22.5 Å². The maximum absolute atomic E-state index is 12.4. The smallest absolute Gasteiger partial charge is 0.338 e. The van der Waals surface area contributed by atoms with Crippen molar-refractivity contribution in [2.45, 2.75) is 26.2 Å². The van der Waals surface area contributed by atoms with Gasteiger partial charge in [0.1, 0.15) is 12.2 Å². The summed E-state index contributed by atoms with van der Waals surface area (Å²) >= 11 is 0. The molecule has 0 aliphatic carbocycles. The molecule has 0 saturated carbocycles. The average Bonchev–Trinajstić information content (AvgIpc) is 2.60.